The van der Waals surface area contributed by atoms with Gasteiger partial charge >= 0.3 is 0 Å². The summed E-state index contributed by atoms with van der Waals surface area (Å²) in [6, 6.07) is 0. The van der Waals surface area contributed by atoms with Gasteiger partial charge < -0.3 is 9.47 Å². The van der Waals surface area contributed by atoms with E-state index in [1.807, 2.05) is 0 Å². The van der Waals surface area contributed by atoms with Crippen molar-refractivity contribution in [1.82, 2.24) is 0 Å². The third-order valence-corrected chi connectivity index (χ3v) is 2.50. The zero-order valence-corrected chi connectivity index (χ0v) is 10.6. The molecule has 15 heavy (non-hydrogen) atoms. The lowest BCUT2D eigenvalue weighted by Crippen LogP contribution is -2.12. The number of hydrogen-bond acceptors (Lipinski definition) is 2. The quantitative estimate of drug-likeness (QED) is 0.248. The van der Waals surface area contributed by atoms with E-state index in [0.29, 0.717) is 0 Å². The van der Waals surface area contributed by atoms with E-state index in [0.717, 1.165) is 31.6 Å². The average molecular weight is 235 g/mol. The maximum atomic E-state index is 5.55. The molecule has 0 N–H and O–H groups in total. The number of allylic oxidation sites excluding steroid dienone is 2. The van der Waals surface area contributed by atoms with Gasteiger partial charge in [0.1, 0.15) is 0 Å². The number of halogens is 1. The molecular weight excluding hydrogens is 212 g/mol. The van der Waals surface area contributed by atoms with E-state index in [4.69, 9.17) is 21.1 Å². The second-order valence-electron chi connectivity index (χ2n) is 3.49. The highest BCUT2D eigenvalue weighted by molar-refractivity contribution is 6.17. The summed E-state index contributed by atoms with van der Waals surface area (Å²) in [4.78, 5) is 0. The molecule has 0 rings (SSSR count). The van der Waals surface area contributed by atoms with Crippen molar-refractivity contribution < 1.29 is 9.47 Å². The molecule has 0 aromatic carbocycles. The Balaban J connectivity index is 3.17. The van der Waals surface area contributed by atoms with E-state index in [2.05, 4.69) is 12.2 Å². The van der Waals surface area contributed by atoms with Crippen LogP contribution in [0.3, 0.4) is 0 Å². The molecule has 0 atom stereocenters. The molecule has 0 aliphatic carbocycles. The van der Waals surface area contributed by atoms with Crippen molar-refractivity contribution in [3.8, 4) is 0 Å². The first-order valence-electron chi connectivity index (χ1n) is 5.61. The van der Waals surface area contributed by atoms with E-state index >= 15 is 0 Å². The predicted molar refractivity (Wildman–Crippen MR) is 65.4 cm³/mol. The molecule has 0 saturated heterocycles. The van der Waals surface area contributed by atoms with Crippen LogP contribution in [-0.4, -0.2) is 26.4 Å². The van der Waals surface area contributed by atoms with Crippen LogP contribution in [-0.2, 0) is 9.47 Å². The molecule has 0 aliphatic rings. The van der Waals surface area contributed by atoms with Gasteiger partial charge in [0, 0.05) is 20.1 Å². The maximum Gasteiger partial charge on any atom is 0.156 e. The van der Waals surface area contributed by atoms with Gasteiger partial charge in [-0.3, -0.25) is 0 Å². The second-order valence-corrected chi connectivity index (χ2v) is 3.87. The van der Waals surface area contributed by atoms with Crippen LogP contribution in [0.5, 0.6) is 0 Å². The van der Waals surface area contributed by atoms with Gasteiger partial charge in [-0.25, -0.2) is 0 Å². The zero-order valence-electron chi connectivity index (χ0n) is 9.88. The molecule has 0 radical (unpaired) electrons. The van der Waals surface area contributed by atoms with E-state index in [9.17, 15) is 0 Å². The molecule has 0 spiro atoms. The van der Waals surface area contributed by atoms with Crippen molar-refractivity contribution >= 4 is 11.6 Å². The lowest BCUT2D eigenvalue weighted by molar-refractivity contribution is -0.107. The Morgan fingerprint density at radius 2 is 1.67 bits per heavy atom. The van der Waals surface area contributed by atoms with Gasteiger partial charge in [0.2, 0.25) is 0 Å². The lowest BCUT2D eigenvalue weighted by Gasteiger charge is -2.12. The Hall–Kier alpha value is -0.0500. The van der Waals surface area contributed by atoms with Gasteiger partial charge in [-0.1, -0.05) is 18.6 Å². The molecule has 0 aromatic heterocycles. The van der Waals surface area contributed by atoms with Gasteiger partial charge in [-0.05, 0) is 32.1 Å². The number of hydrogen-bond donors (Lipinski definition) is 0. The SMILES string of the molecule is COC(CCCCC/C=C/CCCl)OC. The number of alkyl halides is 1. The molecule has 0 heterocycles. The van der Waals surface area contributed by atoms with Crippen LogP contribution < -0.4 is 0 Å². The molecule has 2 nitrogen and oxygen atoms in total. The first kappa shape index (κ1) is 14.9. The third-order valence-electron chi connectivity index (χ3n) is 2.28. The predicted octanol–water partition coefficient (Wildman–Crippen LogP) is 3.74. The number of methoxy groups -OCH3 is 2. The smallest absolute Gasteiger partial charge is 0.156 e. The van der Waals surface area contributed by atoms with E-state index < -0.39 is 0 Å². The Kier molecular flexibility index (Phi) is 12.0. The molecule has 0 aromatic rings. The van der Waals surface area contributed by atoms with Crippen molar-refractivity contribution in [3.63, 3.8) is 0 Å². The monoisotopic (exact) mass is 234 g/mol. The van der Waals surface area contributed by atoms with Crippen LogP contribution in [0.15, 0.2) is 12.2 Å². The van der Waals surface area contributed by atoms with Crippen LogP contribution in [0.2, 0.25) is 0 Å². The lowest BCUT2D eigenvalue weighted by atomic mass is 10.1. The summed E-state index contributed by atoms with van der Waals surface area (Å²) in [7, 11) is 3.37. The second kappa shape index (κ2) is 12.0. The normalized spacial score (nSPS) is 11.7. The van der Waals surface area contributed by atoms with Crippen LogP contribution in [0.4, 0.5) is 0 Å². The van der Waals surface area contributed by atoms with Crippen LogP contribution in [0, 0.1) is 0 Å². The molecule has 0 fully saturated rings. The van der Waals surface area contributed by atoms with Crippen LogP contribution in [0.25, 0.3) is 0 Å². The molecule has 0 aliphatic heterocycles. The minimum atomic E-state index is -0.0307. The van der Waals surface area contributed by atoms with Crippen molar-refractivity contribution in [2.24, 2.45) is 0 Å². The van der Waals surface area contributed by atoms with Crippen molar-refractivity contribution in [3.05, 3.63) is 12.2 Å². The van der Waals surface area contributed by atoms with Crippen LogP contribution >= 0.6 is 11.6 Å². The van der Waals surface area contributed by atoms with Crippen LogP contribution in [0.1, 0.15) is 38.5 Å². The first-order valence-corrected chi connectivity index (χ1v) is 6.15. The first-order chi connectivity index (χ1) is 7.35. The third kappa shape index (κ3) is 10.2. The molecule has 0 amide bonds. The Bertz CT molecular complexity index is 145. The van der Waals surface area contributed by atoms with Crippen molar-refractivity contribution in [1.29, 1.82) is 0 Å². The molecule has 90 valence electrons. The summed E-state index contributed by atoms with van der Waals surface area (Å²) in [5.41, 5.74) is 0. The topological polar surface area (TPSA) is 18.5 Å². The summed E-state index contributed by atoms with van der Waals surface area (Å²) in [6.45, 7) is 0. The summed E-state index contributed by atoms with van der Waals surface area (Å²) < 4.78 is 10.2. The van der Waals surface area contributed by atoms with E-state index in [1.54, 1.807) is 14.2 Å². The Labute approximate surface area is 98.6 Å². The number of rotatable bonds is 10. The minimum absolute atomic E-state index is 0.0307. The fraction of sp³-hybridized carbons (Fsp3) is 0.833. The fourth-order valence-corrected chi connectivity index (χ4v) is 1.51. The largest absolute Gasteiger partial charge is 0.356 e. The van der Waals surface area contributed by atoms with Gasteiger partial charge in [0.15, 0.2) is 6.29 Å². The molecular formula is C12H23ClO2. The van der Waals surface area contributed by atoms with Crippen molar-refractivity contribution in [2.75, 3.05) is 20.1 Å². The summed E-state index contributed by atoms with van der Waals surface area (Å²) in [5, 5.41) is 0. The Morgan fingerprint density at radius 3 is 2.27 bits per heavy atom. The maximum absolute atomic E-state index is 5.55. The standard InChI is InChI=1S/C12H23ClO2/c1-14-12(15-2)10-8-6-4-3-5-7-9-11-13/h5,7,12H,3-4,6,8-11H2,1-2H3/b7-5+. The molecule has 0 saturated carbocycles. The highest BCUT2D eigenvalue weighted by Gasteiger charge is 2.02. The fourth-order valence-electron chi connectivity index (χ4n) is 1.38. The van der Waals surface area contributed by atoms with Gasteiger partial charge in [-0.2, -0.15) is 0 Å². The average Bonchev–Trinajstić information content (AvgIpc) is 2.27. The highest BCUT2D eigenvalue weighted by atomic mass is 35.5. The summed E-state index contributed by atoms with van der Waals surface area (Å²) >= 11 is 5.55. The Morgan fingerprint density at radius 1 is 1.00 bits per heavy atom. The molecule has 3 heteroatoms. The summed E-state index contributed by atoms with van der Waals surface area (Å²) in [6.07, 6.45) is 11.1. The molecule has 0 unspecified atom stereocenters. The van der Waals surface area contributed by atoms with E-state index in [1.165, 1.54) is 12.8 Å². The van der Waals surface area contributed by atoms with Gasteiger partial charge in [0.25, 0.3) is 0 Å². The van der Waals surface area contributed by atoms with Gasteiger partial charge in [0.05, 0.1) is 0 Å². The van der Waals surface area contributed by atoms with Gasteiger partial charge in [-0.15, -0.1) is 11.6 Å². The number of ether oxygens (including phenoxy) is 2. The molecule has 0 bridgehead atoms. The highest BCUT2D eigenvalue weighted by Crippen LogP contribution is 2.08. The number of unbranched alkanes of at least 4 members (excludes halogenated alkanes) is 3. The minimum Gasteiger partial charge on any atom is -0.356 e. The van der Waals surface area contributed by atoms with E-state index in [-0.39, 0.29) is 6.29 Å². The zero-order chi connectivity index (χ0) is 11.4. The summed E-state index contributed by atoms with van der Waals surface area (Å²) in [5.74, 6) is 0.722. The van der Waals surface area contributed by atoms with Crippen molar-refractivity contribution in [2.45, 2.75) is 44.8 Å².